The molecular weight excluding hydrogens is 243 g/mol. The number of benzene rings is 1. The zero-order valence-corrected chi connectivity index (χ0v) is 10.8. The van der Waals surface area contributed by atoms with Crippen LogP contribution in [0.5, 0.6) is 0 Å². The Balaban J connectivity index is 2.07. The third-order valence-electron chi connectivity index (χ3n) is 3.64. The van der Waals surface area contributed by atoms with E-state index >= 15 is 0 Å². The Morgan fingerprint density at radius 1 is 1.32 bits per heavy atom. The monoisotopic (exact) mass is 258 g/mol. The van der Waals surface area contributed by atoms with E-state index in [2.05, 4.69) is 4.98 Å². The maximum absolute atomic E-state index is 14.1. The van der Waals surface area contributed by atoms with Crippen LogP contribution >= 0.6 is 0 Å². The van der Waals surface area contributed by atoms with Gasteiger partial charge in [0.25, 0.3) is 0 Å². The van der Waals surface area contributed by atoms with E-state index in [4.69, 9.17) is 0 Å². The number of hydrogen-bond acceptors (Lipinski definition) is 2. The molecule has 0 radical (unpaired) electrons. The molecule has 0 bridgehead atoms. The lowest BCUT2D eigenvalue weighted by molar-refractivity contribution is 0.101. The molecule has 1 heterocycles. The van der Waals surface area contributed by atoms with Gasteiger partial charge in [0.15, 0.2) is 5.78 Å². The molecule has 1 aromatic carbocycles. The smallest absolute Gasteiger partial charge is 0.159 e. The number of halogens is 1. The summed E-state index contributed by atoms with van der Waals surface area (Å²) in [4.78, 5) is 15.6. The molecule has 1 aliphatic carbocycles. The van der Waals surface area contributed by atoms with E-state index in [1.54, 1.807) is 18.5 Å². The number of carbonyl (C=O) groups excluding carboxylic acids is 1. The molecule has 0 atom stereocenters. The first-order chi connectivity index (χ1) is 9.16. The Hall–Kier alpha value is -1.97. The molecule has 1 aliphatic rings. The van der Waals surface area contributed by atoms with Crippen LogP contribution in [0.25, 0.3) is 5.69 Å². The van der Waals surface area contributed by atoms with Crippen molar-refractivity contribution in [3.63, 3.8) is 0 Å². The number of fused-ring (bicyclic) bond motifs is 1. The summed E-state index contributed by atoms with van der Waals surface area (Å²) in [5.41, 5.74) is 3.04. The van der Waals surface area contributed by atoms with Crippen LogP contribution in [-0.2, 0) is 12.8 Å². The molecule has 19 heavy (non-hydrogen) atoms. The Morgan fingerprint density at radius 2 is 2.11 bits per heavy atom. The third-order valence-corrected chi connectivity index (χ3v) is 3.64. The van der Waals surface area contributed by atoms with Crippen LogP contribution in [0, 0.1) is 5.82 Å². The second kappa shape index (κ2) is 4.61. The molecule has 0 spiro atoms. The second-order valence-electron chi connectivity index (χ2n) is 4.94. The first kappa shape index (κ1) is 12.1. The van der Waals surface area contributed by atoms with E-state index in [0.29, 0.717) is 11.3 Å². The van der Waals surface area contributed by atoms with Crippen molar-refractivity contribution in [2.75, 3.05) is 0 Å². The molecular formula is C15H15FN2O. The number of ketones is 1. The summed E-state index contributed by atoms with van der Waals surface area (Å²) >= 11 is 0. The van der Waals surface area contributed by atoms with Gasteiger partial charge < -0.3 is 4.57 Å². The summed E-state index contributed by atoms with van der Waals surface area (Å²) in [6.45, 7) is 1.44. The van der Waals surface area contributed by atoms with Gasteiger partial charge >= 0.3 is 0 Å². The van der Waals surface area contributed by atoms with Crippen molar-refractivity contribution in [2.45, 2.75) is 32.6 Å². The largest absolute Gasteiger partial charge is 0.300 e. The Morgan fingerprint density at radius 3 is 2.84 bits per heavy atom. The summed E-state index contributed by atoms with van der Waals surface area (Å²) < 4.78 is 16.0. The van der Waals surface area contributed by atoms with Gasteiger partial charge in [-0.3, -0.25) is 4.79 Å². The van der Waals surface area contributed by atoms with Gasteiger partial charge in [-0.25, -0.2) is 9.37 Å². The van der Waals surface area contributed by atoms with Crippen LogP contribution in [-0.4, -0.2) is 15.3 Å². The van der Waals surface area contributed by atoms with Crippen molar-refractivity contribution >= 4 is 5.78 Å². The van der Waals surface area contributed by atoms with Crippen molar-refractivity contribution in [2.24, 2.45) is 0 Å². The van der Waals surface area contributed by atoms with Crippen molar-refractivity contribution in [1.29, 1.82) is 0 Å². The van der Waals surface area contributed by atoms with Gasteiger partial charge in [0.2, 0.25) is 0 Å². The average molecular weight is 258 g/mol. The van der Waals surface area contributed by atoms with Gasteiger partial charge in [-0.15, -0.1) is 0 Å². The van der Waals surface area contributed by atoms with E-state index in [0.717, 1.165) is 37.1 Å². The molecule has 0 fully saturated rings. The maximum atomic E-state index is 14.1. The van der Waals surface area contributed by atoms with Crippen LogP contribution in [0.1, 0.15) is 41.5 Å². The summed E-state index contributed by atoms with van der Waals surface area (Å²) in [7, 11) is 0. The van der Waals surface area contributed by atoms with E-state index < -0.39 is 0 Å². The highest BCUT2D eigenvalue weighted by Gasteiger charge is 2.18. The van der Waals surface area contributed by atoms with Crippen molar-refractivity contribution in [3.8, 4) is 5.69 Å². The number of imidazole rings is 1. The highest BCUT2D eigenvalue weighted by molar-refractivity contribution is 5.94. The fourth-order valence-corrected chi connectivity index (χ4v) is 2.60. The molecule has 2 aromatic rings. The average Bonchev–Trinajstić information content (AvgIpc) is 2.82. The SMILES string of the molecule is CC(=O)c1ccc(-n2cnc3c2CCCC3)c(F)c1. The Bertz CT molecular complexity index is 646. The van der Waals surface area contributed by atoms with Crippen LogP contribution in [0.15, 0.2) is 24.5 Å². The molecule has 0 saturated carbocycles. The number of hydrogen-bond donors (Lipinski definition) is 0. The molecule has 0 amide bonds. The van der Waals surface area contributed by atoms with E-state index in [1.807, 2.05) is 4.57 Å². The van der Waals surface area contributed by atoms with Crippen molar-refractivity contribution in [1.82, 2.24) is 9.55 Å². The van der Waals surface area contributed by atoms with Crippen LogP contribution in [0.4, 0.5) is 4.39 Å². The first-order valence-electron chi connectivity index (χ1n) is 6.53. The number of Topliss-reactive ketones (excluding diaryl/α,β-unsaturated/α-hetero) is 1. The second-order valence-corrected chi connectivity index (χ2v) is 4.94. The number of carbonyl (C=O) groups is 1. The zero-order chi connectivity index (χ0) is 13.4. The fraction of sp³-hybridized carbons (Fsp3) is 0.333. The molecule has 3 nitrogen and oxygen atoms in total. The van der Waals surface area contributed by atoms with Crippen molar-refractivity contribution < 1.29 is 9.18 Å². The molecule has 1 aromatic heterocycles. The summed E-state index contributed by atoms with van der Waals surface area (Å²) in [6, 6.07) is 4.62. The topological polar surface area (TPSA) is 34.9 Å². The lowest BCUT2D eigenvalue weighted by atomic mass is 10.0. The minimum atomic E-state index is -0.376. The molecule has 4 heteroatoms. The predicted molar refractivity (Wildman–Crippen MR) is 70.2 cm³/mol. The quantitative estimate of drug-likeness (QED) is 0.776. The Labute approximate surface area is 111 Å². The molecule has 0 N–H and O–H groups in total. The van der Waals surface area contributed by atoms with E-state index in [1.165, 1.54) is 13.0 Å². The number of aromatic nitrogens is 2. The number of aryl methyl sites for hydroxylation is 1. The lowest BCUT2D eigenvalue weighted by Crippen LogP contribution is -2.08. The standard InChI is InChI=1S/C15H15FN2O/c1-10(19)11-6-7-14(12(16)8-11)18-9-17-13-4-2-3-5-15(13)18/h6-9H,2-5H2,1H3. The summed E-state index contributed by atoms with van der Waals surface area (Å²) in [5, 5.41) is 0. The summed E-state index contributed by atoms with van der Waals surface area (Å²) in [6.07, 6.45) is 5.85. The zero-order valence-electron chi connectivity index (χ0n) is 10.8. The van der Waals surface area contributed by atoms with Gasteiger partial charge in [-0.2, -0.15) is 0 Å². The predicted octanol–water partition coefficient (Wildman–Crippen LogP) is 3.09. The molecule has 98 valence electrons. The first-order valence-corrected chi connectivity index (χ1v) is 6.53. The van der Waals surface area contributed by atoms with Gasteiger partial charge in [0.05, 0.1) is 17.7 Å². The Kier molecular flexibility index (Phi) is 2.93. The molecule has 3 rings (SSSR count). The van der Waals surface area contributed by atoms with E-state index in [-0.39, 0.29) is 11.6 Å². The maximum Gasteiger partial charge on any atom is 0.159 e. The van der Waals surface area contributed by atoms with E-state index in [9.17, 15) is 9.18 Å². The highest BCUT2D eigenvalue weighted by Crippen LogP contribution is 2.24. The highest BCUT2D eigenvalue weighted by atomic mass is 19.1. The van der Waals surface area contributed by atoms with Gasteiger partial charge in [-0.05, 0) is 50.8 Å². The number of rotatable bonds is 2. The normalized spacial score (nSPS) is 14.2. The van der Waals surface area contributed by atoms with Crippen LogP contribution in [0.2, 0.25) is 0 Å². The minimum absolute atomic E-state index is 0.127. The van der Waals surface area contributed by atoms with Crippen LogP contribution in [0.3, 0.4) is 0 Å². The van der Waals surface area contributed by atoms with Gasteiger partial charge in [0.1, 0.15) is 5.82 Å². The minimum Gasteiger partial charge on any atom is -0.300 e. The van der Waals surface area contributed by atoms with Crippen molar-refractivity contribution in [3.05, 3.63) is 47.3 Å². The number of nitrogens with zero attached hydrogens (tertiary/aromatic N) is 2. The molecule has 0 unspecified atom stereocenters. The summed E-state index contributed by atoms with van der Waals surface area (Å²) in [5.74, 6) is -0.503. The van der Waals surface area contributed by atoms with Gasteiger partial charge in [-0.1, -0.05) is 0 Å². The third kappa shape index (κ3) is 2.07. The molecule has 0 saturated heterocycles. The van der Waals surface area contributed by atoms with Gasteiger partial charge in [0, 0.05) is 11.3 Å². The molecule has 0 aliphatic heterocycles. The lowest BCUT2D eigenvalue weighted by Gasteiger charge is -2.14. The fourth-order valence-electron chi connectivity index (χ4n) is 2.60. The van der Waals surface area contributed by atoms with Crippen LogP contribution < -0.4 is 0 Å².